The van der Waals surface area contributed by atoms with E-state index in [0.29, 0.717) is 5.56 Å². The van der Waals surface area contributed by atoms with Crippen molar-refractivity contribution >= 4 is 17.7 Å². The first-order valence-corrected chi connectivity index (χ1v) is 4.75. The SMILES string of the molecule is COc1ccc(C=CCC(=O)O)cc1[N+](=O)[O-]. The molecule has 0 radical (unpaired) electrons. The summed E-state index contributed by atoms with van der Waals surface area (Å²) in [6.07, 6.45) is 2.81. The van der Waals surface area contributed by atoms with Crippen LogP contribution in [0.3, 0.4) is 0 Å². The van der Waals surface area contributed by atoms with Crippen molar-refractivity contribution < 1.29 is 19.6 Å². The Balaban J connectivity index is 2.96. The first-order chi connectivity index (χ1) is 8.04. The second-order valence-corrected chi connectivity index (χ2v) is 3.19. The number of nitrogens with zero attached hydrogens (tertiary/aromatic N) is 1. The topological polar surface area (TPSA) is 89.7 Å². The van der Waals surface area contributed by atoms with Gasteiger partial charge in [0, 0.05) is 6.07 Å². The lowest BCUT2D eigenvalue weighted by molar-refractivity contribution is -0.385. The third-order valence-corrected chi connectivity index (χ3v) is 2.00. The highest BCUT2D eigenvalue weighted by Gasteiger charge is 2.13. The van der Waals surface area contributed by atoms with Gasteiger partial charge in [0.2, 0.25) is 0 Å². The fraction of sp³-hybridized carbons (Fsp3) is 0.182. The Morgan fingerprint density at radius 3 is 2.82 bits per heavy atom. The molecular formula is C11H11NO5. The first kappa shape index (κ1) is 12.7. The molecule has 17 heavy (non-hydrogen) atoms. The molecule has 0 aliphatic heterocycles. The normalized spacial score (nSPS) is 10.4. The lowest BCUT2D eigenvalue weighted by Gasteiger charge is -2.01. The average molecular weight is 237 g/mol. The molecule has 0 spiro atoms. The summed E-state index contributed by atoms with van der Waals surface area (Å²) in [5, 5.41) is 19.2. The zero-order valence-corrected chi connectivity index (χ0v) is 9.12. The van der Waals surface area contributed by atoms with E-state index in [1.54, 1.807) is 6.07 Å². The molecule has 0 aliphatic rings. The number of carboxylic acids is 1. The van der Waals surface area contributed by atoms with E-state index in [9.17, 15) is 14.9 Å². The molecule has 0 saturated carbocycles. The molecule has 0 saturated heterocycles. The zero-order chi connectivity index (χ0) is 12.8. The number of hydrogen-bond acceptors (Lipinski definition) is 4. The Morgan fingerprint density at radius 1 is 1.59 bits per heavy atom. The van der Waals surface area contributed by atoms with Gasteiger partial charge < -0.3 is 9.84 Å². The Kier molecular flexibility index (Phi) is 4.21. The number of nitro benzene ring substituents is 1. The minimum absolute atomic E-state index is 0.125. The number of methoxy groups -OCH3 is 1. The van der Waals surface area contributed by atoms with Crippen LogP contribution in [0.25, 0.3) is 6.08 Å². The van der Waals surface area contributed by atoms with Crippen molar-refractivity contribution in [2.45, 2.75) is 6.42 Å². The number of rotatable bonds is 5. The summed E-state index contributed by atoms with van der Waals surface area (Å²) in [4.78, 5) is 20.5. The van der Waals surface area contributed by atoms with E-state index in [0.717, 1.165) is 0 Å². The van der Waals surface area contributed by atoms with Crippen LogP contribution in [-0.4, -0.2) is 23.1 Å². The fourth-order valence-corrected chi connectivity index (χ4v) is 1.25. The van der Waals surface area contributed by atoms with Gasteiger partial charge in [-0.05, 0) is 11.6 Å². The maximum Gasteiger partial charge on any atom is 0.311 e. The van der Waals surface area contributed by atoms with E-state index in [2.05, 4.69) is 0 Å². The van der Waals surface area contributed by atoms with Gasteiger partial charge in [-0.25, -0.2) is 0 Å². The van der Waals surface area contributed by atoms with Crippen LogP contribution in [0.15, 0.2) is 24.3 Å². The molecule has 0 amide bonds. The molecule has 1 N–H and O–H groups in total. The molecule has 1 rings (SSSR count). The first-order valence-electron chi connectivity index (χ1n) is 4.75. The number of carboxylic acid groups (broad SMARTS) is 1. The Morgan fingerprint density at radius 2 is 2.29 bits per heavy atom. The number of carbonyl (C=O) groups is 1. The minimum atomic E-state index is -0.954. The molecule has 1 aromatic rings. The van der Waals surface area contributed by atoms with Crippen LogP contribution >= 0.6 is 0 Å². The number of nitro groups is 1. The predicted octanol–water partition coefficient (Wildman–Crippen LogP) is 2.09. The van der Waals surface area contributed by atoms with Gasteiger partial charge in [-0.3, -0.25) is 14.9 Å². The second kappa shape index (κ2) is 5.64. The van der Waals surface area contributed by atoms with Crippen molar-refractivity contribution in [3.63, 3.8) is 0 Å². The van der Waals surface area contributed by atoms with Crippen molar-refractivity contribution in [3.05, 3.63) is 40.0 Å². The van der Waals surface area contributed by atoms with E-state index in [4.69, 9.17) is 9.84 Å². The monoisotopic (exact) mass is 237 g/mol. The third-order valence-electron chi connectivity index (χ3n) is 2.00. The molecule has 0 atom stereocenters. The fourth-order valence-electron chi connectivity index (χ4n) is 1.25. The number of ether oxygens (including phenoxy) is 1. The zero-order valence-electron chi connectivity index (χ0n) is 9.12. The summed E-state index contributed by atoms with van der Waals surface area (Å²) in [5.41, 5.74) is 0.406. The Hall–Kier alpha value is -2.37. The van der Waals surface area contributed by atoms with Gasteiger partial charge in [0.15, 0.2) is 5.75 Å². The van der Waals surface area contributed by atoms with E-state index in [-0.39, 0.29) is 17.9 Å². The van der Waals surface area contributed by atoms with Crippen LogP contribution in [0.2, 0.25) is 0 Å². The van der Waals surface area contributed by atoms with Crippen LogP contribution in [0.5, 0.6) is 5.75 Å². The van der Waals surface area contributed by atoms with E-state index < -0.39 is 10.9 Å². The van der Waals surface area contributed by atoms with E-state index >= 15 is 0 Å². The van der Waals surface area contributed by atoms with Crippen molar-refractivity contribution in [2.75, 3.05) is 7.11 Å². The van der Waals surface area contributed by atoms with Crippen molar-refractivity contribution in [1.82, 2.24) is 0 Å². The summed E-state index contributed by atoms with van der Waals surface area (Å²) >= 11 is 0. The van der Waals surface area contributed by atoms with Gasteiger partial charge in [-0.1, -0.05) is 18.2 Å². The highest BCUT2D eigenvalue weighted by Crippen LogP contribution is 2.27. The summed E-state index contributed by atoms with van der Waals surface area (Å²) in [7, 11) is 1.35. The van der Waals surface area contributed by atoms with Crippen LogP contribution in [0.4, 0.5) is 5.69 Å². The summed E-state index contributed by atoms with van der Waals surface area (Å²) in [6.45, 7) is 0. The summed E-state index contributed by atoms with van der Waals surface area (Å²) in [5.74, 6) is -0.783. The molecule has 6 nitrogen and oxygen atoms in total. The number of benzene rings is 1. The second-order valence-electron chi connectivity index (χ2n) is 3.19. The van der Waals surface area contributed by atoms with E-state index in [1.165, 1.54) is 31.4 Å². The lowest BCUT2D eigenvalue weighted by Crippen LogP contribution is -1.94. The lowest BCUT2D eigenvalue weighted by atomic mass is 10.1. The molecular weight excluding hydrogens is 226 g/mol. The summed E-state index contributed by atoms with van der Waals surface area (Å²) in [6, 6.07) is 4.42. The largest absolute Gasteiger partial charge is 0.490 e. The number of aliphatic carboxylic acids is 1. The molecule has 1 aromatic carbocycles. The summed E-state index contributed by atoms with van der Waals surface area (Å²) < 4.78 is 4.84. The Labute approximate surface area is 97.3 Å². The van der Waals surface area contributed by atoms with Crippen LogP contribution in [-0.2, 0) is 4.79 Å². The molecule has 0 aliphatic carbocycles. The van der Waals surface area contributed by atoms with E-state index in [1.807, 2.05) is 0 Å². The molecule has 90 valence electrons. The molecule has 0 bridgehead atoms. The van der Waals surface area contributed by atoms with Crippen LogP contribution < -0.4 is 4.74 Å². The van der Waals surface area contributed by atoms with Crippen LogP contribution in [0, 0.1) is 10.1 Å². The maximum absolute atomic E-state index is 10.7. The van der Waals surface area contributed by atoms with Gasteiger partial charge >= 0.3 is 11.7 Å². The highest BCUT2D eigenvalue weighted by atomic mass is 16.6. The molecule has 0 unspecified atom stereocenters. The standard InChI is InChI=1S/C11H11NO5/c1-17-10-6-5-8(3-2-4-11(13)14)7-9(10)12(15)16/h2-3,5-7H,4H2,1H3,(H,13,14). The Bertz CT molecular complexity index is 467. The van der Waals surface area contributed by atoms with Crippen molar-refractivity contribution in [1.29, 1.82) is 0 Å². The van der Waals surface area contributed by atoms with Crippen molar-refractivity contribution in [3.8, 4) is 5.75 Å². The van der Waals surface area contributed by atoms with Gasteiger partial charge in [-0.15, -0.1) is 0 Å². The molecule has 0 fully saturated rings. The quantitative estimate of drug-likeness (QED) is 0.625. The highest BCUT2D eigenvalue weighted by molar-refractivity contribution is 5.70. The van der Waals surface area contributed by atoms with Gasteiger partial charge in [0.1, 0.15) is 0 Å². The van der Waals surface area contributed by atoms with Gasteiger partial charge in [0.05, 0.1) is 18.5 Å². The predicted molar refractivity (Wildman–Crippen MR) is 60.9 cm³/mol. The maximum atomic E-state index is 10.7. The number of hydrogen-bond donors (Lipinski definition) is 1. The minimum Gasteiger partial charge on any atom is -0.490 e. The van der Waals surface area contributed by atoms with Crippen molar-refractivity contribution in [2.24, 2.45) is 0 Å². The third kappa shape index (κ3) is 3.60. The molecule has 0 heterocycles. The smallest absolute Gasteiger partial charge is 0.311 e. The average Bonchev–Trinajstić information content (AvgIpc) is 2.28. The van der Waals surface area contributed by atoms with Crippen LogP contribution in [0.1, 0.15) is 12.0 Å². The molecule has 6 heteroatoms. The molecule has 0 aromatic heterocycles. The van der Waals surface area contributed by atoms with Gasteiger partial charge in [0.25, 0.3) is 0 Å². The van der Waals surface area contributed by atoms with Gasteiger partial charge in [-0.2, -0.15) is 0 Å².